The predicted molar refractivity (Wildman–Crippen MR) is 104 cm³/mol. The summed E-state index contributed by atoms with van der Waals surface area (Å²) < 4.78 is 34.2. The van der Waals surface area contributed by atoms with E-state index in [1.807, 2.05) is 0 Å². The molecule has 8 nitrogen and oxygen atoms in total. The number of nitro benzene ring substituents is 1. The van der Waals surface area contributed by atoms with Gasteiger partial charge in [0.25, 0.3) is 5.69 Å². The number of methoxy groups -OCH3 is 1. The van der Waals surface area contributed by atoms with Crippen molar-refractivity contribution in [2.45, 2.75) is 13.5 Å². The number of alkyl halides is 2. The molecule has 0 aliphatic carbocycles. The predicted octanol–water partition coefficient (Wildman–Crippen LogP) is 3.92. The number of benzene rings is 2. The lowest BCUT2D eigenvalue weighted by Gasteiger charge is -2.12. The second-order valence-corrected chi connectivity index (χ2v) is 5.69. The van der Waals surface area contributed by atoms with Gasteiger partial charge in [0, 0.05) is 11.6 Å². The monoisotopic (exact) mass is 410 g/mol. The quantitative estimate of drug-likeness (QED) is 0.309. The van der Waals surface area contributed by atoms with Crippen molar-refractivity contribution in [3.8, 4) is 11.5 Å². The molecule has 0 radical (unpaired) electrons. The normalized spacial score (nSPS) is 11.1. The Balaban J connectivity index is 2.10. The van der Waals surface area contributed by atoms with Crippen molar-refractivity contribution < 1.29 is 23.2 Å². The first-order valence-corrected chi connectivity index (χ1v) is 8.20. The van der Waals surface area contributed by atoms with Crippen molar-refractivity contribution in [1.29, 1.82) is 0 Å². The van der Waals surface area contributed by atoms with E-state index in [0.29, 0.717) is 11.3 Å². The molecule has 0 heterocycles. The fraction of sp³-hybridized carbons (Fsp3) is 0.176. The van der Waals surface area contributed by atoms with E-state index in [0.717, 1.165) is 0 Å². The van der Waals surface area contributed by atoms with Gasteiger partial charge in [0.1, 0.15) is 5.69 Å². The fourth-order valence-electron chi connectivity index (χ4n) is 2.17. The summed E-state index contributed by atoms with van der Waals surface area (Å²) in [6.45, 7) is -1.31. The highest BCUT2D eigenvalue weighted by Gasteiger charge is 2.14. The van der Waals surface area contributed by atoms with Crippen LogP contribution in [0.3, 0.4) is 0 Å². The highest BCUT2D eigenvalue weighted by atomic mass is 32.1. The summed E-state index contributed by atoms with van der Waals surface area (Å²) in [4.78, 5) is 10.5. The van der Waals surface area contributed by atoms with Crippen LogP contribution in [0.15, 0.2) is 47.6 Å². The van der Waals surface area contributed by atoms with Gasteiger partial charge in [-0.25, -0.2) is 0 Å². The third-order valence-electron chi connectivity index (χ3n) is 3.47. The number of para-hydroxylation sites is 2. The molecule has 28 heavy (non-hydrogen) atoms. The average molecular weight is 410 g/mol. The van der Waals surface area contributed by atoms with Gasteiger partial charge in [-0.3, -0.25) is 15.5 Å². The maximum Gasteiger partial charge on any atom is 0.387 e. The fourth-order valence-corrected chi connectivity index (χ4v) is 2.33. The molecular formula is C17H16F2N4O4S. The Bertz CT molecular complexity index is 908. The second-order valence-electron chi connectivity index (χ2n) is 5.28. The minimum absolute atomic E-state index is 0.0401. The van der Waals surface area contributed by atoms with Crippen LogP contribution in [0.2, 0.25) is 0 Å². The topological polar surface area (TPSA) is 98.0 Å². The molecule has 0 aromatic heterocycles. The van der Waals surface area contributed by atoms with E-state index in [9.17, 15) is 18.9 Å². The van der Waals surface area contributed by atoms with Crippen molar-refractivity contribution in [3.05, 3.63) is 58.1 Å². The van der Waals surface area contributed by atoms with Crippen LogP contribution in [0, 0.1) is 10.1 Å². The smallest absolute Gasteiger partial charge is 0.387 e. The zero-order chi connectivity index (χ0) is 20.7. The van der Waals surface area contributed by atoms with E-state index in [-0.39, 0.29) is 28.0 Å². The Morgan fingerprint density at radius 3 is 2.61 bits per heavy atom. The van der Waals surface area contributed by atoms with E-state index >= 15 is 0 Å². The number of hydrazone groups is 1. The first-order valence-electron chi connectivity index (χ1n) is 7.79. The van der Waals surface area contributed by atoms with E-state index in [1.54, 1.807) is 13.0 Å². The number of nitro groups is 1. The first-order chi connectivity index (χ1) is 13.3. The van der Waals surface area contributed by atoms with E-state index in [1.165, 1.54) is 43.5 Å². The number of rotatable bonds is 7. The summed E-state index contributed by atoms with van der Waals surface area (Å²) >= 11 is 5.09. The van der Waals surface area contributed by atoms with Crippen molar-refractivity contribution in [2.75, 3.05) is 12.4 Å². The van der Waals surface area contributed by atoms with Gasteiger partial charge >= 0.3 is 6.61 Å². The largest absolute Gasteiger partial charge is 0.493 e. The van der Waals surface area contributed by atoms with Crippen LogP contribution in [0.5, 0.6) is 11.5 Å². The molecule has 0 aliphatic heterocycles. The molecule has 0 spiro atoms. The molecular weight excluding hydrogens is 394 g/mol. The Labute approximate surface area is 164 Å². The summed E-state index contributed by atoms with van der Waals surface area (Å²) in [5.41, 5.74) is 3.69. The lowest BCUT2D eigenvalue weighted by Crippen LogP contribution is -2.25. The average Bonchev–Trinajstić information content (AvgIpc) is 2.66. The van der Waals surface area contributed by atoms with Gasteiger partial charge in [-0.15, -0.1) is 0 Å². The van der Waals surface area contributed by atoms with Gasteiger partial charge in [0.2, 0.25) is 0 Å². The van der Waals surface area contributed by atoms with Crippen LogP contribution < -0.4 is 20.2 Å². The van der Waals surface area contributed by atoms with Crippen molar-refractivity contribution in [3.63, 3.8) is 0 Å². The number of anilines is 1. The molecule has 2 N–H and O–H groups in total. The van der Waals surface area contributed by atoms with Crippen LogP contribution >= 0.6 is 12.2 Å². The van der Waals surface area contributed by atoms with Gasteiger partial charge in [0.15, 0.2) is 16.6 Å². The third-order valence-corrected chi connectivity index (χ3v) is 3.66. The standard InChI is InChI=1S/C17H16F2N4O4S/c1-10(11-7-8-14(27-16(18)19)15(9-11)26-2)21-22-17(28)20-12-5-3-4-6-13(12)23(24)25/h3-9,16H,1-2H3,(H2,20,22,28)/b21-10-. The molecule has 0 saturated heterocycles. The van der Waals surface area contributed by atoms with Crippen LogP contribution in [-0.4, -0.2) is 29.5 Å². The Morgan fingerprint density at radius 2 is 1.96 bits per heavy atom. The van der Waals surface area contributed by atoms with Crippen molar-refractivity contribution in [2.24, 2.45) is 5.10 Å². The molecule has 148 valence electrons. The molecule has 0 aliphatic rings. The Kier molecular flexibility index (Phi) is 7.15. The van der Waals surface area contributed by atoms with Crippen molar-refractivity contribution >= 4 is 34.4 Å². The molecule has 2 aromatic carbocycles. The molecule has 2 aromatic rings. The van der Waals surface area contributed by atoms with Gasteiger partial charge in [-0.1, -0.05) is 12.1 Å². The number of hydrogen-bond donors (Lipinski definition) is 2. The molecule has 0 unspecified atom stereocenters. The number of thiocarbonyl (C=S) groups is 1. The Hall–Kier alpha value is -3.34. The lowest BCUT2D eigenvalue weighted by atomic mass is 10.1. The molecule has 0 fully saturated rings. The third kappa shape index (κ3) is 5.58. The number of nitrogens with zero attached hydrogens (tertiary/aromatic N) is 2. The highest BCUT2D eigenvalue weighted by molar-refractivity contribution is 7.80. The molecule has 0 atom stereocenters. The van der Waals surface area contributed by atoms with E-state index in [4.69, 9.17) is 17.0 Å². The van der Waals surface area contributed by atoms with Crippen LogP contribution in [0.1, 0.15) is 12.5 Å². The maximum absolute atomic E-state index is 12.4. The summed E-state index contributed by atoms with van der Waals surface area (Å²) in [5.74, 6) is 0.0172. The van der Waals surface area contributed by atoms with Crippen LogP contribution in [-0.2, 0) is 0 Å². The van der Waals surface area contributed by atoms with Gasteiger partial charge in [-0.2, -0.15) is 13.9 Å². The zero-order valence-corrected chi connectivity index (χ0v) is 15.6. The SMILES string of the molecule is COc1cc(/C(C)=N\NC(=S)Nc2ccccc2[N+](=O)[O-])ccc1OC(F)F. The number of hydrogen-bond acceptors (Lipinski definition) is 6. The van der Waals surface area contributed by atoms with Crippen LogP contribution in [0.25, 0.3) is 0 Å². The summed E-state index contributed by atoms with van der Waals surface area (Å²) in [6.07, 6.45) is 0. The Morgan fingerprint density at radius 1 is 1.25 bits per heavy atom. The second kappa shape index (κ2) is 9.55. The molecule has 0 bridgehead atoms. The highest BCUT2D eigenvalue weighted by Crippen LogP contribution is 2.29. The minimum atomic E-state index is -2.97. The summed E-state index contributed by atoms with van der Waals surface area (Å²) in [5, 5.41) is 17.8. The van der Waals surface area contributed by atoms with E-state index in [2.05, 4.69) is 20.6 Å². The van der Waals surface area contributed by atoms with Gasteiger partial charge in [-0.05, 0) is 43.4 Å². The van der Waals surface area contributed by atoms with Gasteiger partial charge < -0.3 is 14.8 Å². The zero-order valence-electron chi connectivity index (χ0n) is 14.8. The summed E-state index contributed by atoms with van der Waals surface area (Å²) in [7, 11) is 1.33. The molecule has 0 amide bonds. The number of halogens is 2. The molecule has 2 rings (SSSR count). The first kappa shape index (κ1) is 21.0. The minimum Gasteiger partial charge on any atom is -0.493 e. The van der Waals surface area contributed by atoms with Crippen molar-refractivity contribution in [1.82, 2.24) is 5.43 Å². The number of ether oxygens (including phenoxy) is 2. The lowest BCUT2D eigenvalue weighted by molar-refractivity contribution is -0.383. The summed E-state index contributed by atoms with van der Waals surface area (Å²) in [6, 6.07) is 10.4. The number of nitrogens with one attached hydrogen (secondary N) is 2. The maximum atomic E-state index is 12.4. The van der Waals surface area contributed by atoms with E-state index < -0.39 is 11.5 Å². The van der Waals surface area contributed by atoms with Crippen LogP contribution in [0.4, 0.5) is 20.2 Å². The molecule has 11 heteroatoms. The van der Waals surface area contributed by atoms with Gasteiger partial charge in [0.05, 0.1) is 17.7 Å². The molecule has 0 saturated carbocycles.